The topological polar surface area (TPSA) is 103 Å². The van der Waals surface area contributed by atoms with Crippen LogP contribution >= 0.6 is 0 Å². The third kappa shape index (κ3) is 5.45. The van der Waals surface area contributed by atoms with Gasteiger partial charge in [-0.05, 0) is 19.1 Å². The van der Waals surface area contributed by atoms with Crippen molar-refractivity contribution in [1.82, 2.24) is 0 Å². The Balaban J connectivity index is 2.27. The fourth-order valence-corrected chi connectivity index (χ4v) is 3.73. The minimum absolute atomic E-state index is 0.198. The minimum atomic E-state index is -5.22. The lowest BCUT2D eigenvalue weighted by Crippen LogP contribution is -2.52. The first-order chi connectivity index (χ1) is 15.0. The molecule has 2 rings (SSSR count). The third-order valence-corrected chi connectivity index (χ3v) is 5.78. The highest BCUT2D eigenvalue weighted by Crippen LogP contribution is 2.43. The van der Waals surface area contributed by atoms with Crippen LogP contribution in [-0.2, 0) is 34.2 Å². The van der Waals surface area contributed by atoms with Crippen LogP contribution in [0.25, 0.3) is 0 Å². The van der Waals surface area contributed by atoms with E-state index in [0.717, 1.165) is 17.7 Å². The number of carbonyl (C=O) groups excluding carboxylic acids is 1. The van der Waals surface area contributed by atoms with E-state index in [-0.39, 0.29) is 4.90 Å². The Labute approximate surface area is 183 Å². The van der Waals surface area contributed by atoms with Crippen molar-refractivity contribution < 1.29 is 40.0 Å². The molecule has 0 unspecified atom stereocenters. The summed E-state index contributed by atoms with van der Waals surface area (Å²) in [7, 11) is -3.61. The maximum atomic E-state index is 14.0. The van der Waals surface area contributed by atoms with Gasteiger partial charge in [-0.25, -0.2) is 4.79 Å². The molecule has 2 aromatic rings. The molecule has 2 aromatic carbocycles. The summed E-state index contributed by atoms with van der Waals surface area (Å²) in [5, 5.41) is 8.96. The molecule has 0 saturated heterocycles. The molecule has 2 atom stereocenters. The smallest absolute Gasteiger partial charge is 0.432 e. The molecule has 0 aliphatic rings. The maximum absolute atomic E-state index is 14.0. The Morgan fingerprint density at radius 3 is 2.19 bits per heavy atom. The van der Waals surface area contributed by atoms with Gasteiger partial charge in [0, 0.05) is 12.7 Å². The van der Waals surface area contributed by atoms with E-state index in [9.17, 15) is 26.4 Å². The van der Waals surface area contributed by atoms with E-state index in [1.165, 1.54) is 42.5 Å². The largest absolute Gasteiger partial charge is 0.456 e. The van der Waals surface area contributed by atoms with Crippen LogP contribution < -0.4 is 0 Å². The Kier molecular flexibility index (Phi) is 8.01. The number of rotatable bonds is 9. The molecule has 0 fully saturated rings. The van der Waals surface area contributed by atoms with Crippen molar-refractivity contribution in [1.29, 1.82) is 5.26 Å². The number of esters is 1. The van der Waals surface area contributed by atoms with Crippen LogP contribution in [0, 0.1) is 18.3 Å². The Morgan fingerprint density at radius 2 is 1.69 bits per heavy atom. The lowest BCUT2D eigenvalue weighted by molar-refractivity contribution is -0.278. The van der Waals surface area contributed by atoms with Crippen molar-refractivity contribution in [3.63, 3.8) is 0 Å². The Morgan fingerprint density at radius 1 is 1.09 bits per heavy atom. The molecule has 32 heavy (non-hydrogen) atoms. The molecular weight excluding hydrogens is 451 g/mol. The van der Waals surface area contributed by atoms with E-state index < -0.39 is 52.6 Å². The number of benzene rings is 2. The van der Waals surface area contributed by atoms with E-state index in [2.05, 4.69) is 4.74 Å². The van der Waals surface area contributed by atoms with Crippen LogP contribution in [-0.4, -0.2) is 40.4 Å². The lowest BCUT2D eigenvalue weighted by Gasteiger charge is -2.33. The molecule has 0 radical (unpaired) electrons. The van der Waals surface area contributed by atoms with Gasteiger partial charge in [0.1, 0.15) is 12.7 Å². The summed E-state index contributed by atoms with van der Waals surface area (Å²) < 4.78 is 80.8. The molecule has 11 heteroatoms. The van der Waals surface area contributed by atoms with Crippen molar-refractivity contribution in [3.8, 4) is 6.07 Å². The molecule has 172 valence electrons. The number of halogens is 3. The summed E-state index contributed by atoms with van der Waals surface area (Å²) in [6.45, 7) is 0.886. The number of nitrogens with zero attached hydrogens (tertiary/aromatic N) is 1. The van der Waals surface area contributed by atoms with Crippen LogP contribution in [0.1, 0.15) is 17.5 Å². The van der Waals surface area contributed by atoms with Crippen molar-refractivity contribution in [3.05, 3.63) is 65.7 Å². The zero-order valence-corrected chi connectivity index (χ0v) is 17.9. The highest BCUT2D eigenvalue weighted by molar-refractivity contribution is 7.86. The van der Waals surface area contributed by atoms with Gasteiger partial charge in [-0.15, -0.1) is 0 Å². The second-order valence-corrected chi connectivity index (χ2v) is 8.31. The van der Waals surface area contributed by atoms with Crippen molar-refractivity contribution in [2.24, 2.45) is 0 Å². The van der Waals surface area contributed by atoms with Gasteiger partial charge in [-0.3, -0.25) is 4.18 Å². The molecular formula is C21H20F3NO6S. The summed E-state index contributed by atoms with van der Waals surface area (Å²) in [4.78, 5) is 12.5. The van der Waals surface area contributed by atoms with Gasteiger partial charge in [0.05, 0.1) is 17.4 Å². The first-order valence-electron chi connectivity index (χ1n) is 9.19. The molecule has 0 aromatic heterocycles. The quantitative estimate of drug-likeness (QED) is 0.406. The predicted octanol–water partition coefficient (Wildman–Crippen LogP) is 3.63. The standard InChI is InChI=1S/C21H20F3NO6S/c1-15-8-10-18(11-9-15)32(27,28)30-14-17(12-13-25)31-19(26)20(29-2,21(22,23)24)16-6-4-3-5-7-16/h3-11,17H,12,14H2,1-2H3/t17-,20-/m1/s1. The second kappa shape index (κ2) is 10.1. The highest BCUT2D eigenvalue weighted by atomic mass is 32.2. The fourth-order valence-electron chi connectivity index (χ4n) is 2.80. The summed E-state index contributed by atoms with van der Waals surface area (Å²) in [6, 6.07) is 13.3. The Bertz CT molecular complexity index is 1070. The SMILES string of the molecule is CO[C@@](C(=O)O[C@H](CC#N)COS(=O)(=O)c1ccc(C)cc1)(c1ccccc1)C(F)(F)F. The molecule has 0 aliphatic heterocycles. The molecule has 0 heterocycles. The lowest BCUT2D eigenvalue weighted by atomic mass is 9.92. The van der Waals surface area contributed by atoms with E-state index in [1.54, 1.807) is 13.0 Å². The molecule has 0 spiro atoms. The van der Waals surface area contributed by atoms with E-state index >= 15 is 0 Å². The summed E-state index contributed by atoms with van der Waals surface area (Å²) in [6.07, 6.45) is -7.43. The number of ether oxygens (including phenoxy) is 2. The van der Waals surface area contributed by atoms with Crippen LogP contribution in [0.4, 0.5) is 13.2 Å². The summed E-state index contributed by atoms with van der Waals surface area (Å²) >= 11 is 0. The third-order valence-electron chi connectivity index (χ3n) is 4.48. The maximum Gasteiger partial charge on any atom is 0.432 e. The first-order valence-corrected chi connectivity index (χ1v) is 10.6. The fraction of sp³-hybridized carbons (Fsp3) is 0.333. The number of methoxy groups -OCH3 is 1. The predicted molar refractivity (Wildman–Crippen MR) is 106 cm³/mol. The molecule has 0 N–H and O–H groups in total. The summed E-state index contributed by atoms with van der Waals surface area (Å²) in [5.74, 6) is -1.85. The number of hydrogen-bond acceptors (Lipinski definition) is 7. The van der Waals surface area contributed by atoms with Crippen LogP contribution in [0.5, 0.6) is 0 Å². The van der Waals surface area contributed by atoms with E-state index in [4.69, 9.17) is 14.2 Å². The van der Waals surface area contributed by atoms with Gasteiger partial charge in [0.15, 0.2) is 0 Å². The van der Waals surface area contributed by atoms with Crippen molar-refractivity contribution >= 4 is 16.1 Å². The average molecular weight is 471 g/mol. The van der Waals surface area contributed by atoms with Gasteiger partial charge in [-0.1, -0.05) is 48.0 Å². The number of carbonyl (C=O) groups is 1. The van der Waals surface area contributed by atoms with E-state index in [1.807, 2.05) is 0 Å². The van der Waals surface area contributed by atoms with Crippen molar-refractivity contribution in [2.45, 2.75) is 36.1 Å². The van der Waals surface area contributed by atoms with Crippen molar-refractivity contribution in [2.75, 3.05) is 13.7 Å². The second-order valence-electron chi connectivity index (χ2n) is 6.69. The van der Waals surface area contributed by atoms with Gasteiger partial charge in [-0.2, -0.15) is 26.9 Å². The monoisotopic (exact) mass is 471 g/mol. The van der Waals surface area contributed by atoms with Gasteiger partial charge in [0.2, 0.25) is 0 Å². The number of hydrogen-bond donors (Lipinski definition) is 0. The molecule has 7 nitrogen and oxygen atoms in total. The first kappa shape index (κ1) is 25.3. The Hall–Kier alpha value is -2.94. The number of alkyl halides is 3. The molecule has 0 amide bonds. The molecule has 0 saturated carbocycles. The average Bonchev–Trinajstić information content (AvgIpc) is 2.73. The highest BCUT2D eigenvalue weighted by Gasteiger charge is 2.64. The molecule has 0 aliphatic carbocycles. The van der Waals surface area contributed by atoms with E-state index in [0.29, 0.717) is 7.11 Å². The van der Waals surface area contributed by atoms with Gasteiger partial charge < -0.3 is 9.47 Å². The van der Waals surface area contributed by atoms with Gasteiger partial charge >= 0.3 is 12.1 Å². The zero-order valence-electron chi connectivity index (χ0n) is 17.1. The van der Waals surface area contributed by atoms with Crippen LogP contribution in [0.2, 0.25) is 0 Å². The van der Waals surface area contributed by atoms with Crippen LogP contribution in [0.3, 0.4) is 0 Å². The van der Waals surface area contributed by atoms with Gasteiger partial charge in [0.25, 0.3) is 15.7 Å². The minimum Gasteiger partial charge on any atom is -0.456 e. The number of aryl methyl sites for hydroxylation is 1. The summed E-state index contributed by atoms with van der Waals surface area (Å²) in [5.41, 5.74) is -3.22. The normalized spacial score (nSPS) is 14.8. The van der Waals surface area contributed by atoms with Crippen LogP contribution in [0.15, 0.2) is 59.5 Å². The number of nitriles is 1. The zero-order chi connectivity index (χ0) is 24.0. The molecule has 0 bridgehead atoms.